The molecule has 0 unspecified atom stereocenters. The second-order valence-corrected chi connectivity index (χ2v) is 7.00. The van der Waals surface area contributed by atoms with E-state index in [4.69, 9.17) is 5.11 Å². The summed E-state index contributed by atoms with van der Waals surface area (Å²) in [4.78, 5) is 3.94. The van der Waals surface area contributed by atoms with Crippen LogP contribution in [0.5, 0.6) is 0 Å². The Morgan fingerprint density at radius 3 is 2.71 bits per heavy atom. The molecule has 1 aromatic heterocycles. The van der Waals surface area contributed by atoms with Gasteiger partial charge >= 0.3 is 0 Å². The average molecular weight is 321 g/mol. The van der Waals surface area contributed by atoms with Gasteiger partial charge in [-0.3, -0.25) is 4.98 Å². The summed E-state index contributed by atoms with van der Waals surface area (Å²) in [5.74, 6) is 0. The summed E-state index contributed by atoms with van der Waals surface area (Å²) >= 11 is 3.18. The van der Waals surface area contributed by atoms with E-state index in [0.717, 1.165) is 12.8 Å². The van der Waals surface area contributed by atoms with Crippen LogP contribution in [0.25, 0.3) is 0 Å². The summed E-state index contributed by atoms with van der Waals surface area (Å²) in [5.41, 5.74) is -0.244. The fraction of sp³-hybridized carbons (Fsp3) is 0.500. The van der Waals surface area contributed by atoms with Crippen molar-refractivity contribution in [2.45, 2.75) is 17.7 Å². The summed E-state index contributed by atoms with van der Waals surface area (Å²) in [5, 5.41) is 9.11. The van der Waals surface area contributed by atoms with Crippen molar-refractivity contribution in [2.24, 2.45) is 5.41 Å². The minimum absolute atomic E-state index is 0.0201. The lowest BCUT2D eigenvalue weighted by Crippen LogP contribution is -2.32. The van der Waals surface area contributed by atoms with E-state index in [1.165, 1.54) is 18.5 Å². The number of sulfonamides is 1. The Balaban J connectivity index is 2.09. The molecule has 1 aliphatic rings. The van der Waals surface area contributed by atoms with Crippen molar-refractivity contribution in [1.29, 1.82) is 0 Å². The Bertz CT molecular complexity index is 514. The molecule has 94 valence electrons. The Hall–Kier alpha value is -0.500. The Kier molecular flexibility index (Phi) is 3.53. The molecule has 5 nitrogen and oxygen atoms in total. The first-order valence-corrected chi connectivity index (χ1v) is 7.46. The largest absolute Gasteiger partial charge is 0.396 e. The minimum atomic E-state index is -3.54. The molecule has 0 atom stereocenters. The van der Waals surface area contributed by atoms with Gasteiger partial charge in [0.25, 0.3) is 0 Å². The molecule has 1 heterocycles. The molecule has 7 heteroatoms. The Morgan fingerprint density at radius 1 is 1.47 bits per heavy atom. The predicted molar refractivity (Wildman–Crippen MR) is 65.9 cm³/mol. The second kappa shape index (κ2) is 4.64. The predicted octanol–water partition coefficient (Wildman–Crippen LogP) is 0.895. The van der Waals surface area contributed by atoms with Gasteiger partial charge < -0.3 is 5.11 Å². The molecule has 0 bridgehead atoms. The molecule has 0 aromatic carbocycles. The third-order valence-electron chi connectivity index (χ3n) is 2.92. The quantitative estimate of drug-likeness (QED) is 0.844. The molecule has 0 radical (unpaired) electrons. The maximum absolute atomic E-state index is 11.9. The number of aromatic nitrogens is 1. The highest BCUT2D eigenvalue weighted by molar-refractivity contribution is 9.10. The summed E-state index contributed by atoms with van der Waals surface area (Å²) in [6.45, 7) is 0.296. The third-order valence-corrected chi connectivity index (χ3v) is 4.72. The van der Waals surface area contributed by atoms with E-state index in [1.807, 2.05) is 0 Å². The molecule has 1 fully saturated rings. The molecule has 2 N–H and O–H groups in total. The second-order valence-electron chi connectivity index (χ2n) is 4.32. The first-order valence-electron chi connectivity index (χ1n) is 5.19. The van der Waals surface area contributed by atoms with Crippen molar-refractivity contribution < 1.29 is 13.5 Å². The van der Waals surface area contributed by atoms with Crippen molar-refractivity contribution >= 4 is 26.0 Å². The van der Waals surface area contributed by atoms with Gasteiger partial charge in [-0.1, -0.05) is 0 Å². The van der Waals surface area contributed by atoms with Crippen LogP contribution in [0.4, 0.5) is 0 Å². The molecule has 0 spiro atoms. The summed E-state index contributed by atoms with van der Waals surface area (Å²) in [7, 11) is -3.54. The number of nitrogens with zero attached hydrogens (tertiary/aromatic N) is 1. The topological polar surface area (TPSA) is 79.3 Å². The molecule has 1 aliphatic carbocycles. The number of hydrogen-bond acceptors (Lipinski definition) is 4. The lowest BCUT2D eigenvalue weighted by atomic mass is 10.1. The van der Waals surface area contributed by atoms with E-state index >= 15 is 0 Å². The lowest BCUT2D eigenvalue weighted by molar-refractivity contribution is 0.213. The van der Waals surface area contributed by atoms with E-state index < -0.39 is 10.0 Å². The van der Waals surface area contributed by atoms with Gasteiger partial charge in [-0.15, -0.1) is 0 Å². The van der Waals surface area contributed by atoms with Crippen LogP contribution in [0, 0.1) is 5.41 Å². The number of aliphatic hydroxyl groups is 1. The third kappa shape index (κ3) is 3.04. The zero-order valence-electron chi connectivity index (χ0n) is 9.06. The molecule has 17 heavy (non-hydrogen) atoms. The number of nitrogens with one attached hydrogen (secondary N) is 1. The van der Waals surface area contributed by atoms with Crippen molar-refractivity contribution in [2.75, 3.05) is 13.2 Å². The minimum Gasteiger partial charge on any atom is -0.396 e. The summed E-state index contributed by atoms with van der Waals surface area (Å²) in [6.07, 6.45) is 4.55. The van der Waals surface area contributed by atoms with Gasteiger partial charge in [-0.2, -0.15) is 0 Å². The van der Waals surface area contributed by atoms with Crippen molar-refractivity contribution in [1.82, 2.24) is 9.71 Å². The molecular weight excluding hydrogens is 308 g/mol. The Labute approximate surface area is 108 Å². The monoisotopic (exact) mass is 320 g/mol. The van der Waals surface area contributed by atoms with Crippen LogP contribution in [0.2, 0.25) is 0 Å². The Morgan fingerprint density at radius 2 is 2.18 bits per heavy atom. The maximum atomic E-state index is 11.9. The highest BCUT2D eigenvalue weighted by Gasteiger charge is 2.42. The zero-order valence-corrected chi connectivity index (χ0v) is 11.5. The first-order chi connectivity index (χ1) is 7.97. The van der Waals surface area contributed by atoms with E-state index in [-0.39, 0.29) is 23.5 Å². The van der Waals surface area contributed by atoms with Crippen LogP contribution in [0.1, 0.15) is 12.8 Å². The highest BCUT2D eigenvalue weighted by Crippen LogP contribution is 2.44. The van der Waals surface area contributed by atoms with Crippen molar-refractivity contribution in [3.8, 4) is 0 Å². The van der Waals surface area contributed by atoms with Gasteiger partial charge in [0.15, 0.2) is 0 Å². The van der Waals surface area contributed by atoms with E-state index in [2.05, 4.69) is 25.6 Å². The highest BCUT2D eigenvalue weighted by atomic mass is 79.9. The number of pyridine rings is 1. The molecular formula is C10H13BrN2O3S. The molecule has 1 saturated carbocycles. The zero-order chi connectivity index (χ0) is 12.5. The molecule has 1 aromatic rings. The fourth-order valence-electron chi connectivity index (χ4n) is 1.44. The molecule has 0 amide bonds. The van der Waals surface area contributed by atoms with Crippen LogP contribution in [0.3, 0.4) is 0 Å². The van der Waals surface area contributed by atoms with Gasteiger partial charge in [0, 0.05) is 35.4 Å². The first kappa shape index (κ1) is 12.9. The van der Waals surface area contributed by atoms with E-state index in [1.54, 1.807) is 0 Å². The van der Waals surface area contributed by atoms with Gasteiger partial charge in [0.2, 0.25) is 10.0 Å². The van der Waals surface area contributed by atoms with Crippen LogP contribution in [0.15, 0.2) is 27.8 Å². The van der Waals surface area contributed by atoms with Crippen LogP contribution in [-0.2, 0) is 10.0 Å². The van der Waals surface area contributed by atoms with Crippen molar-refractivity contribution in [3.05, 3.63) is 22.9 Å². The van der Waals surface area contributed by atoms with E-state index in [0.29, 0.717) is 4.47 Å². The SMILES string of the molecule is O=S(=O)(NCC1(CO)CC1)c1cncc(Br)c1. The van der Waals surface area contributed by atoms with Crippen LogP contribution < -0.4 is 4.72 Å². The standard InChI is InChI=1S/C10H13BrN2O3S/c11-8-3-9(5-12-4-8)17(15,16)13-6-10(7-14)1-2-10/h3-5,13-14H,1-2,6-7H2. The van der Waals surface area contributed by atoms with Gasteiger partial charge in [-0.05, 0) is 34.8 Å². The smallest absolute Gasteiger partial charge is 0.242 e. The normalized spacial score (nSPS) is 18.0. The lowest BCUT2D eigenvalue weighted by Gasteiger charge is -2.12. The number of hydrogen-bond donors (Lipinski definition) is 2. The van der Waals surface area contributed by atoms with Crippen molar-refractivity contribution in [3.63, 3.8) is 0 Å². The maximum Gasteiger partial charge on any atom is 0.242 e. The molecule has 0 aliphatic heterocycles. The van der Waals surface area contributed by atoms with E-state index in [9.17, 15) is 8.42 Å². The van der Waals surface area contributed by atoms with Gasteiger partial charge in [-0.25, -0.2) is 13.1 Å². The van der Waals surface area contributed by atoms with Crippen LogP contribution >= 0.6 is 15.9 Å². The number of rotatable bonds is 5. The summed E-state index contributed by atoms with van der Waals surface area (Å²) in [6, 6.07) is 1.49. The average Bonchev–Trinajstić information content (AvgIpc) is 3.07. The number of aliphatic hydroxyl groups excluding tert-OH is 1. The van der Waals surface area contributed by atoms with Crippen LogP contribution in [-0.4, -0.2) is 31.7 Å². The molecule has 0 saturated heterocycles. The number of halogens is 1. The van der Waals surface area contributed by atoms with Gasteiger partial charge in [0.05, 0.1) is 0 Å². The molecule has 2 rings (SSSR count). The van der Waals surface area contributed by atoms with Gasteiger partial charge in [0.1, 0.15) is 4.90 Å². The fourth-order valence-corrected chi connectivity index (χ4v) is 3.10. The summed E-state index contributed by atoms with van der Waals surface area (Å²) < 4.78 is 27.0.